The lowest BCUT2D eigenvalue weighted by atomic mass is 10.0. The molecule has 1 saturated heterocycles. The third-order valence-corrected chi connectivity index (χ3v) is 6.60. The summed E-state index contributed by atoms with van der Waals surface area (Å²) in [4.78, 5) is 27.5. The third-order valence-electron chi connectivity index (χ3n) is 3.71. The van der Waals surface area contributed by atoms with Crippen molar-refractivity contribution in [2.75, 3.05) is 17.6 Å². The summed E-state index contributed by atoms with van der Waals surface area (Å²) >= 11 is 1.18. The van der Waals surface area contributed by atoms with E-state index >= 15 is 0 Å². The van der Waals surface area contributed by atoms with Crippen LogP contribution in [-0.4, -0.2) is 47.9 Å². The van der Waals surface area contributed by atoms with Crippen molar-refractivity contribution < 1.29 is 18.0 Å². The number of carbonyl (C=O) groups excluding carboxylic acids is 2. The van der Waals surface area contributed by atoms with Crippen LogP contribution in [0.25, 0.3) is 0 Å². The van der Waals surface area contributed by atoms with Crippen molar-refractivity contribution in [3.63, 3.8) is 0 Å². The van der Waals surface area contributed by atoms with Gasteiger partial charge in [0.05, 0.1) is 17.9 Å². The van der Waals surface area contributed by atoms with Crippen LogP contribution < -0.4 is 11.1 Å². The number of hydrogen-bond acceptors (Lipinski definition) is 6. The quantitative estimate of drug-likeness (QED) is 0.727. The van der Waals surface area contributed by atoms with E-state index in [9.17, 15) is 18.0 Å². The Bertz CT molecular complexity index is 701. The van der Waals surface area contributed by atoms with Gasteiger partial charge in [-0.15, -0.1) is 11.3 Å². The lowest BCUT2D eigenvalue weighted by Gasteiger charge is -2.33. The molecule has 1 aromatic rings. The topological polar surface area (TPSA) is 122 Å². The van der Waals surface area contributed by atoms with Crippen LogP contribution in [0.15, 0.2) is 5.38 Å². The Morgan fingerprint density at radius 3 is 2.88 bits per heavy atom. The zero-order chi connectivity index (χ0) is 17.7. The van der Waals surface area contributed by atoms with Crippen molar-refractivity contribution in [3.05, 3.63) is 11.1 Å². The molecule has 1 aromatic heterocycles. The number of primary amides is 1. The van der Waals surface area contributed by atoms with Crippen molar-refractivity contribution in [1.29, 1.82) is 0 Å². The monoisotopic (exact) mass is 374 g/mol. The number of nitrogens with two attached hydrogens (primary N) is 1. The van der Waals surface area contributed by atoms with E-state index in [1.165, 1.54) is 15.6 Å². The Hall–Kier alpha value is -1.52. The van der Waals surface area contributed by atoms with E-state index < -0.39 is 22.0 Å². The minimum absolute atomic E-state index is 0.00675. The van der Waals surface area contributed by atoms with Crippen molar-refractivity contribution in [1.82, 2.24) is 9.29 Å². The Kier molecular flexibility index (Phi) is 6.30. The van der Waals surface area contributed by atoms with Crippen molar-refractivity contribution >= 4 is 38.3 Å². The second-order valence-corrected chi connectivity index (χ2v) is 8.61. The van der Waals surface area contributed by atoms with E-state index in [2.05, 4.69) is 10.3 Å². The molecule has 10 heteroatoms. The summed E-state index contributed by atoms with van der Waals surface area (Å²) in [5, 5.41) is 4.65. The first-order valence-electron chi connectivity index (χ1n) is 7.86. The molecule has 0 aliphatic carbocycles. The van der Waals surface area contributed by atoms with Crippen molar-refractivity contribution in [2.24, 2.45) is 5.73 Å². The van der Waals surface area contributed by atoms with Crippen molar-refractivity contribution in [3.8, 4) is 0 Å². The zero-order valence-electron chi connectivity index (χ0n) is 13.5. The highest BCUT2D eigenvalue weighted by Crippen LogP contribution is 2.23. The van der Waals surface area contributed by atoms with E-state index in [-0.39, 0.29) is 18.1 Å². The Morgan fingerprint density at radius 1 is 1.46 bits per heavy atom. The first-order valence-corrected chi connectivity index (χ1v) is 10.4. The largest absolute Gasteiger partial charge is 0.369 e. The molecule has 0 radical (unpaired) electrons. The molecule has 24 heavy (non-hydrogen) atoms. The average molecular weight is 374 g/mol. The molecule has 3 N–H and O–H groups in total. The van der Waals surface area contributed by atoms with Gasteiger partial charge in [0.25, 0.3) is 0 Å². The van der Waals surface area contributed by atoms with E-state index in [1.807, 2.05) is 0 Å². The van der Waals surface area contributed by atoms with Crippen LogP contribution in [0, 0.1) is 0 Å². The molecule has 1 atom stereocenters. The van der Waals surface area contributed by atoms with Crippen LogP contribution in [0.2, 0.25) is 0 Å². The number of carbonyl (C=O) groups is 2. The summed E-state index contributed by atoms with van der Waals surface area (Å²) in [6.07, 6.45) is 2.57. The van der Waals surface area contributed by atoms with Crippen LogP contribution in [0.4, 0.5) is 5.13 Å². The molecule has 0 aromatic carbocycles. The second kappa shape index (κ2) is 8.04. The number of aromatic nitrogens is 1. The number of hydrogen-bond donors (Lipinski definition) is 2. The van der Waals surface area contributed by atoms with Gasteiger partial charge in [0.15, 0.2) is 5.13 Å². The number of piperidine rings is 1. The number of amides is 2. The molecule has 1 aliphatic rings. The van der Waals surface area contributed by atoms with E-state index in [0.29, 0.717) is 30.2 Å². The predicted molar refractivity (Wildman–Crippen MR) is 92.1 cm³/mol. The Balaban J connectivity index is 2.08. The summed E-state index contributed by atoms with van der Waals surface area (Å²) in [6, 6.07) is -0.709. The lowest BCUT2D eigenvalue weighted by molar-refractivity contribution is -0.120. The van der Waals surface area contributed by atoms with Crippen molar-refractivity contribution in [2.45, 2.75) is 45.1 Å². The standard InChI is InChI=1S/C14H22N4O4S2/c1-2-7-24(21,22)18-6-4-3-5-11(18)13(20)17-14-16-10(9-23-14)8-12(15)19/h9,11H,2-8H2,1H3,(H2,15,19)(H,16,17,20). The van der Waals surface area contributed by atoms with Crippen LogP contribution in [-0.2, 0) is 26.0 Å². The maximum Gasteiger partial charge on any atom is 0.244 e. The van der Waals surface area contributed by atoms with E-state index in [4.69, 9.17) is 5.73 Å². The maximum atomic E-state index is 12.5. The van der Waals surface area contributed by atoms with Gasteiger partial charge in [-0.25, -0.2) is 13.4 Å². The molecular formula is C14H22N4O4S2. The molecule has 0 saturated carbocycles. The fourth-order valence-electron chi connectivity index (χ4n) is 2.69. The number of thiazole rings is 1. The summed E-state index contributed by atoms with van der Waals surface area (Å²) < 4.78 is 26.0. The Morgan fingerprint density at radius 2 is 2.21 bits per heavy atom. The van der Waals surface area contributed by atoms with E-state index in [0.717, 1.165) is 12.8 Å². The lowest BCUT2D eigenvalue weighted by Crippen LogP contribution is -2.50. The summed E-state index contributed by atoms with van der Waals surface area (Å²) in [5.74, 6) is -0.840. The SMILES string of the molecule is CCCS(=O)(=O)N1CCCCC1C(=O)Nc1nc(CC(N)=O)cs1. The van der Waals surface area contributed by atoms with Gasteiger partial charge in [-0.2, -0.15) is 4.31 Å². The summed E-state index contributed by atoms with van der Waals surface area (Å²) in [7, 11) is -3.44. The van der Waals surface area contributed by atoms with Crippen LogP contribution >= 0.6 is 11.3 Å². The third kappa shape index (κ3) is 4.74. The maximum absolute atomic E-state index is 12.5. The smallest absolute Gasteiger partial charge is 0.244 e. The molecule has 2 heterocycles. The van der Waals surface area contributed by atoms with Crippen LogP contribution in [0.3, 0.4) is 0 Å². The first kappa shape index (κ1) is 18.8. The minimum Gasteiger partial charge on any atom is -0.369 e. The molecule has 134 valence electrons. The highest BCUT2D eigenvalue weighted by atomic mass is 32.2. The molecule has 0 spiro atoms. The van der Waals surface area contributed by atoms with Gasteiger partial charge in [0.1, 0.15) is 6.04 Å². The van der Waals surface area contributed by atoms with Gasteiger partial charge in [-0.3, -0.25) is 9.59 Å². The van der Waals surface area contributed by atoms with Gasteiger partial charge < -0.3 is 11.1 Å². The highest BCUT2D eigenvalue weighted by Gasteiger charge is 2.36. The molecular weight excluding hydrogens is 352 g/mol. The number of rotatable bonds is 7. The molecule has 2 rings (SSSR count). The van der Waals surface area contributed by atoms with Crippen LogP contribution in [0.5, 0.6) is 0 Å². The fraction of sp³-hybridized carbons (Fsp3) is 0.643. The normalized spacial score (nSPS) is 19.1. The van der Waals surface area contributed by atoms with E-state index in [1.54, 1.807) is 12.3 Å². The molecule has 1 aliphatic heterocycles. The number of nitrogens with one attached hydrogen (secondary N) is 1. The predicted octanol–water partition coefficient (Wildman–Crippen LogP) is 0.704. The molecule has 2 amide bonds. The molecule has 1 fully saturated rings. The van der Waals surface area contributed by atoms with Gasteiger partial charge in [0, 0.05) is 11.9 Å². The minimum atomic E-state index is -3.44. The second-order valence-electron chi connectivity index (χ2n) is 5.71. The number of sulfonamides is 1. The van der Waals surface area contributed by atoms with Gasteiger partial charge in [-0.1, -0.05) is 13.3 Å². The molecule has 8 nitrogen and oxygen atoms in total. The molecule has 1 unspecified atom stereocenters. The van der Waals surface area contributed by atoms with Gasteiger partial charge >= 0.3 is 0 Å². The van der Waals surface area contributed by atoms with Gasteiger partial charge in [0.2, 0.25) is 21.8 Å². The molecule has 0 bridgehead atoms. The summed E-state index contributed by atoms with van der Waals surface area (Å²) in [6.45, 7) is 2.16. The number of anilines is 1. The fourth-order valence-corrected chi connectivity index (χ4v) is 5.15. The summed E-state index contributed by atoms with van der Waals surface area (Å²) in [5.41, 5.74) is 5.60. The first-order chi connectivity index (χ1) is 11.3. The average Bonchev–Trinajstić information content (AvgIpc) is 2.93. The zero-order valence-corrected chi connectivity index (χ0v) is 15.2. The van der Waals surface area contributed by atoms with Crippen LogP contribution in [0.1, 0.15) is 38.3 Å². The highest BCUT2D eigenvalue weighted by molar-refractivity contribution is 7.89. The van der Waals surface area contributed by atoms with Gasteiger partial charge in [-0.05, 0) is 19.3 Å². The Labute approximate surface area is 145 Å². The number of nitrogens with zero attached hydrogens (tertiary/aromatic N) is 2.